The van der Waals surface area contributed by atoms with E-state index in [1.807, 2.05) is 0 Å². The standard InChI is InChI=1S/C33H37N3O8/c1-39-25-16-23-24(17-26(25)44-18-19-10-12-35-13-11-19)32(37)36(22-8-6-21(34)7-9-22)30(33(38)43-5)29(23)20-14-27(40-2)31(42-4)28(15-20)41-3/h6-9,14-17,19,35H,10-13,18,34H2,1-5H3. The van der Waals surface area contributed by atoms with Crippen LogP contribution in [0.3, 0.4) is 0 Å². The van der Waals surface area contributed by atoms with Crippen LogP contribution in [0.25, 0.3) is 27.6 Å². The van der Waals surface area contributed by atoms with Crippen LogP contribution >= 0.6 is 0 Å². The van der Waals surface area contributed by atoms with Gasteiger partial charge in [0.25, 0.3) is 5.56 Å². The van der Waals surface area contributed by atoms with Crippen molar-refractivity contribution in [1.82, 2.24) is 9.88 Å². The van der Waals surface area contributed by atoms with Gasteiger partial charge in [-0.05, 0) is 85.9 Å². The highest BCUT2D eigenvalue weighted by Crippen LogP contribution is 2.45. The van der Waals surface area contributed by atoms with Gasteiger partial charge in [-0.2, -0.15) is 0 Å². The van der Waals surface area contributed by atoms with Gasteiger partial charge in [0.2, 0.25) is 5.75 Å². The highest BCUT2D eigenvalue weighted by molar-refractivity contribution is 6.08. The number of nitrogens with zero attached hydrogens (tertiary/aromatic N) is 1. The second-order valence-corrected chi connectivity index (χ2v) is 10.4. The third-order valence-corrected chi connectivity index (χ3v) is 7.88. The molecular formula is C33H37N3O8. The molecule has 1 aromatic heterocycles. The highest BCUT2D eigenvalue weighted by atomic mass is 16.5. The summed E-state index contributed by atoms with van der Waals surface area (Å²) >= 11 is 0. The predicted octanol–water partition coefficient (Wildman–Crippen LogP) is 4.44. The maximum Gasteiger partial charge on any atom is 0.355 e. The Labute approximate surface area is 255 Å². The molecule has 1 saturated heterocycles. The van der Waals surface area contributed by atoms with Gasteiger partial charge in [0.1, 0.15) is 5.69 Å². The number of piperidine rings is 1. The fourth-order valence-electron chi connectivity index (χ4n) is 5.61. The van der Waals surface area contributed by atoms with E-state index in [9.17, 15) is 9.59 Å². The van der Waals surface area contributed by atoms with Crippen molar-refractivity contribution in [2.24, 2.45) is 5.92 Å². The molecule has 11 nitrogen and oxygen atoms in total. The second-order valence-electron chi connectivity index (χ2n) is 10.4. The van der Waals surface area contributed by atoms with Gasteiger partial charge >= 0.3 is 5.97 Å². The van der Waals surface area contributed by atoms with Gasteiger partial charge in [0, 0.05) is 22.3 Å². The van der Waals surface area contributed by atoms with Crippen molar-refractivity contribution in [3.8, 4) is 45.6 Å². The molecule has 0 spiro atoms. The molecule has 0 unspecified atom stereocenters. The van der Waals surface area contributed by atoms with Crippen LogP contribution in [0.1, 0.15) is 23.3 Å². The highest BCUT2D eigenvalue weighted by Gasteiger charge is 2.28. The number of methoxy groups -OCH3 is 5. The zero-order chi connectivity index (χ0) is 31.4. The molecule has 0 radical (unpaired) electrons. The van der Waals surface area contributed by atoms with E-state index in [4.69, 9.17) is 34.2 Å². The number of rotatable bonds is 10. The lowest BCUT2D eigenvalue weighted by molar-refractivity contribution is 0.0591. The fraction of sp³-hybridized carbons (Fsp3) is 0.333. The van der Waals surface area contributed by atoms with Crippen LogP contribution in [-0.4, -0.2) is 65.8 Å². The summed E-state index contributed by atoms with van der Waals surface area (Å²) in [6, 6.07) is 13.5. The van der Waals surface area contributed by atoms with E-state index in [1.165, 1.54) is 40.1 Å². The molecule has 232 valence electrons. The van der Waals surface area contributed by atoms with Crippen LogP contribution in [0.15, 0.2) is 53.3 Å². The first-order chi connectivity index (χ1) is 21.3. The summed E-state index contributed by atoms with van der Waals surface area (Å²) in [7, 11) is 7.32. The number of nitrogens with two attached hydrogens (primary N) is 1. The first-order valence-electron chi connectivity index (χ1n) is 14.2. The molecule has 0 saturated carbocycles. The fourth-order valence-corrected chi connectivity index (χ4v) is 5.61. The number of fused-ring (bicyclic) bond motifs is 1. The quantitative estimate of drug-likeness (QED) is 0.198. The topological polar surface area (TPSA) is 133 Å². The summed E-state index contributed by atoms with van der Waals surface area (Å²) in [6.45, 7) is 2.35. The Hall–Kier alpha value is -4.90. The smallest absolute Gasteiger partial charge is 0.355 e. The minimum absolute atomic E-state index is 0.00512. The van der Waals surface area contributed by atoms with Crippen molar-refractivity contribution in [3.63, 3.8) is 0 Å². The summed E-state index contributed by atoms with van der Waals surface area (Å²) in [6.07, 6.45) is 1.99. The van der Waals surface area contributed by atoms with E-state index in [-0.39, 0.29) is 5.69 Å². The maximum atomic E-state index is 14.4. The molecule has 0 amide bonds. The average molecular weight is 604 g/mol. The number of carbonyl (C=O) groups excluding carboxylic acids is 1. The molecule has 1 fully saturated rings. The number of ether oxygens (including phenoxy) is 6. The summed E-state index contributed by atoms with van der Waals surface area (Å²) < 4.78 is 35.4. The van der Waals surface area contributed by atoms with Crippen molar-refractivity contribution in [3.05, 3.63) is 64.6 Å². The molecule has 4 aromatic rings. The predicted molar refractivity (Wildman–Crippen MR) is 168 cm³/mol. The number of nitrogens with one attached hydrogen (secondary N) is 1. The molecule has 1 aliphatic rings. The summed E-state index contributed by atoms with van der Waals surface area (Å²) in [5, 5.41) is 4.11. The number of nitrogen functional groups attached to an aromatic ring is 1. The number of hydrogen-bond acceptors (Lipinski definition) is 10. The minimum atomic E-state index is -0.727. The monoisotopic (exact) mass is 603 g/mol. The molecule has 5 rings (SSSR count). The summed E-state index contributed by atoms with van der Waals surface area (Å²) in [5.41, 5.74) is 7.35. The van der Waals surface area contributed by atoms with E-state index >= 15 is 0 Å². The molecule has 3 N–H and O–H groups in total. The van der Waals surface area contributed by atoms with E-state index in [0.29, 0.717) is 74.5 Å². The summed E-state index contributed by atoms with van der Waals surface area (Å²) in [4.78, 5) is 28.0. The van der Waals surface area contributed by atoms with Crippen molar-refractivity contribution in [2.45, 2.75) is 12.8 Å². The number of anilines is 1. The van der Waals surface area contributed by atoms with Gasteiger partial charge in [-0.15, -0.1) is 0 Å². The number of carbonyl (C=O) groups is 1. The molecule has 0 aliphatic carbocycles. The van der Waals surface area contributed by atoms with Gasteiger partial charge in [-0.1, -0.05) is 0 Å². The molecule has 0 bridgehead atoms. The van der Waals surface area contributed by atoms with Gasteiger partial charge in [0.15, 0.2) is 23.0 Å². The van der Waals surface area contributed by atoms with E-state index < -0.39 is 11.5 Å². The molecule has 2 heterocycles. The zero-order valence-electron chi connectivity index (χ0n) is 25.5. The average Bonchev–Trinajstić information content (AvgIpc) is 3.06. The number of aromatic nitrogens is 1. The van der Waals surface area contributed by atoms with Crippen molar-refractivity contribution in [2.75, 3.05) is 61.0 Å². The van der Waals surface area contributed by atoms with Crippen molar-refractivity contribution >= 4 is 22.4 Å². The Morgan fingerprint density at radius 3 is 2.02 bits per heavy atom. The molecule has 0 atom stereocenters. The van der Waals surface area contributed by atoms with Crippen LogP contribution in [0.5, 0.6) is 28.7 Å². The Balaban J connectivity index is 1.87. The Bertz CT molecular complexity index is 1700. The van der Waals surface area contributed by atoms with Crippen LogP contribution in [0, 0.1) is 5.92 Å². The zero-order valence-corrected chi connectivity index (χ0v) is 25.5. The summed E-state index contributed by atoms with van der Waals surface area (Å²) in [5.74, 6) is 1.60. The lowest BCUT2D eigenvalue weighted by Gasteiger charge is -2.24. The maximum absolute atomic E-state index is 14.4. The Morgan fingerprint density at radius 2 is 1.45 bits per heavy atom. The number of hydrogen-bond donors (Lipinski definition) is 2. The van der Waals surface area contributed by atoms with Gasteiger partial charge in [-0.3, -0.25) is 9.36 Å². The van der Waals surface area contributed by atoms with Crippen molar-refractivity contribution in [1.29, 1.82) is 0 Å². The largest absolute Gasteiger partial charge is 0.493 e. The number of esters is 1. The number of benzene rings is 3. The molecule has 1 aliphatic heterocycles. The molecule has 44 heavy (non-hydrogen) atoms. The number of pyridine rings is 1. The minimum Gasteiger partial charge on any atom is -0.493 e. The SMILES string of the molecule is COC(=O)c1c(-c2cc(OC)c(OC)c(OC)c2)c2cc(OC)c(OCC3CCNCC3)cc2c(=O)n1-c1ccc(N)cc1. The Kier molecular flexibility index (Phi) is 9.15. The van der Waals surface area contributed by atoms with Crippen LogP contribution in [-0.2, 0) is 4.74 Å². The lowest BCUT2D eigenvalue weighted by atomic mass is 9.95. The molecule has 3 aromatic carbocycles. The van der Waals surface area contributed by atoms with Gasteiger partial charge in [-0.25, -0.2) is 4.79 Å². The molecular weight excluding hydrogens is 566 g/mol. The van der Waals surface area contributed by atoms with E-state index in [0.717, 1.165) is 25.9 Å². The Morgan fingerprint density at radius 1 is 0.841 bits per heavy atom. The third kappa shape index (κ3) is 5.70. The van der Waals surface area contributed by atoms with E-state index in [2.05, 4.69) is 5.32 Å². The van der Waals surface area contributed by atoms with Crippen LogP contribution < -0.4 is 40.3 Å². The van der Waals surface area contributed by atoms with E-state index in [1.54, 1.807) is 48.5 Å². The van der Waals surface area contributed by atoms with Crippen LogP contribution in [0.2, 0.25) is 0 Å². The lowest BCUT2D eigenvalue weighted by Crippen LogP contribution is -2.30. The second kappa shape index (κ2) is 13.2. The molecule has 11 heteroatoms. The van der Waals surface area contributed by atoms with Gasteiger partial charge < -0.3 is 39.5 Å². The normalized spacial score (nSPS) is 13.4. The van der Waals surface area contributed by atoms with Crippen LogP contribution in [0.4, 0.5) is 5.69 Å². The first kappa shape index (κ1) is 30.6. The third-order valence-electron chi connectivity index (χ3n) is 7.88. The first-order valence-corrected chi connectivity index (χ1v) is 14.2. The van der Waals surface area contributed by atoms with Crippen molar-refractivity contribution < 1.29 is 33.2 Å². The van der Waals surface area contributed by atoms with Gasteiger partial charge in [0.05, 0.1) is 47.5 Å².